The first-order valence-electron chi connectivity index (χ1n) is 7.74. The molecule has 2 amide bonds. The highest BCUT2D eigenvalue weighted by Crippen LogP contribution is 2.17. The molecule has 0 saturated heterocycles. The van der Waals surface area contributed by atoms with Crippen molar-refractivity contribution in [2.75, 3.05) is 6.54 Å². The second kappa shape index (κ2) is 6.96. The molecule has 0 bridgehead atoms. The van der Waals surface area contributed by atoms with Crippen LogP contribution in [-0.2, 0) is 6.42 Å². The maximum absolute atomic E-state index is 12.0. The minimum absolute atomic E-state index is 0.121. The van der Waals surface area contributed by atoms with Gasteiger partial charge in [0.25, 0.3) is 0 Å². The van der Waals surface area contributed by atoms with Crippen LogP contribution in [0.5, 0.6) is 0 Å². The van der Waals surface area contributed by atoms with Crippen molar-refractivity contribution in [3.05, 3.63) is 66.1 Å². The molecule has 0 unspecified atom stereocenters. The minimum Gasteiger partial charge on any atom is -0.361 e. The highest BCUT2D eigenvalue weighted by molar-refractivity contribution is 5.83. The molecule has 1 aromatic carbocycles. The second-order valence-electron chi connectivity index (χ2n) is 5.49. The van der Waals surface area contributed by atoms with E-state index in [2.05, 4.69) is 26.7 Å². The van der Waals surface area contributed by atoms with Gasteiger partial charge in [-0.25, -0.2) is 4.79 Å². The third-order valence-corrected chi connectivity index (χ3v) is 3.83. The highest BCUT2D eigenvalue weighted by atomic mass is 16.2. The smallest absolute Gasteiger partial charge is 0.315 e. The molecule has 0 spiro atoms. The van der Waals surface area contributed by atoms with Crippen molar-refractivity contribution >= 4 is 16.9 Å². The molecule has 0 aliphatic rings. The molecule has 3 aromatic rings. The molecule has 0 aliphatic carbocycles. The fourth-order valence-corrected chi connectivity index (χ4v) is 2.60. The van der Waals surface area contributed by atoms with Gasteiger partial charge in [-0.2, -0.15) is 0 Å². The number of nitrogens with one attached hydrogen (secondary N) is 3. The van der Waals surface area contributed by atoms with Gasteiger partial charge in [-0.15, -0.1) is 0 Å². The van der Waals surface area contributed by atoms with Crippen LogP contribution in [0.4, 0.5) is 4.79 Å². The largest absolute Gasteiger partial charge is 0.361 e. The molecular formula is C18H20N4O. The zero-order valence-corrected chi connectivity index (χ0v) is 13.0. The summed E-state index contributed by atoms with van der Waals surface area (Å²) in [5, 5.41) is 6.99. The van der Waals surface area contributed by atoms with E-state index in [1.54, 1.807) is 6.20 Å². The molecule has 0 fully saturated rings. The van der Waals surface area contributed by atoms with Crippen molar-refractivity contribution in [2.45, 2.75) is 19.4 Å². The van der Waals surface area contributed by atoms with Crippen LogP contribution < -0.4 is 10.6 Å². The number of hydrogen-bond donors (Lipinski definition) is 3. The average molecular weight is 308 g/mol. The number of amides is 2. The van der Waals surface area contributed by atoms with Crippen LogP contribution in [0.25, 0.3) is 10.9 Å². The quantitative estimate of drug-likeness (QED) is 0.677. The van der Waals surface area contributed by atoms with Gasteiger partial charge in [0.15, 0.2) is 0 Å². The maximum Gasteiger partial charge on any atom is 0.315 e. The lowest BCUT2D eigenvalue weighted by Gasteiger charge is -2.14. The molecule has 2 aromatic heterocycles. The molecule has 3 N–H and O–H groups in total. The van der Waals surface area contributed by atoms with Crippen molar-refractivity contribution in [3.63, 3.8) is 0 Å². The third kappa shape index (κ3) is 3.69. The molecule has 1 atom stereocenters. The fourth-order valence-electron chi connectivity index (χ4n) is 2.60. The predicted octanol–water partition coefficient (Wildman–Crippen LogP) is 3.17. The van der Waals surface area contributed by atoms with E-state index < -0.39 is 0 Å². The molecule has 23 heavy (non-hydrogen) atoms. The number of aromatic amines is 1. The number of aromatic nitrogens is 2. The van der Waals surface area contributed by atoms with Crippen LogP contribution in [0, 0.1) is 0 Å². The van der Waals surface area contributed by atoms with Crippen LogP contribution in [0.1, 0.15) is 24.2 Å². The number of benzene rings is 1. The van der Waals surface area contributed by atoms with E-state index in [0.29, 0.717) is 6.54 Å². The lowest BCUT2D eigenvalue weighted by molar-refractivity contribution is 0.238. The molecule has 0 saturated carbocycles. The first kappa shape index (κ1) is 15.1. The summed E-state index contributed by atoms with van der Waals surface area (Å²) in [7, 11) is 0. The minimum atomic E-state index is -0.178. The molecular weight excluding hydrogens is 288 g/mol. The average Bonchev–Trinajstić information content (AvgIpc) is 2.99. The van der Waals surface area contributed by atoms with E-state index >= 15 is 0 Å². The summed E-state index contributed by atoms with van der Waals surface area (Å²) in [4.78, 5) is 19.4. The Morgan fingerprint density at radius 3 is 2.87 bits per heavy atom. The van der Waals surface area contributed by atoms with Crippen LogP contribution in [0.2, 0.25) is 0 Å². The van der Waals surface area contributed by atoms with Gasteiger partial charge in [0, 0.05) is 29.8 Å². The normalized spacial score (nSPS) is 12.0. The lowest BCUT2D eigenvalue weighted by Crippen LogP contribution is -2.38. The van der Waals surface area contributed by atoms with Gasteiger partial charge in [-0.1, -0.05) is 24.3 Å². The number of fused-ring (bicyclic) bond motifs is 1. The van der Waals surface area contributed by atoms with Gasteiger partial charge < -0.3 is 15.6 Å². The van der Waals surface area contributed by atoms with Crippen molar-refractivity contribution < 1.29 is 4.79 Å². The molecule has 0 radical (unpaired) electrons. The van der Waals surface area contributed by atoms with E-state index in [0.717, 1.165) is 17.6 Å². The summed E-state index contributed by atoms with van der Waals surface area (Å²) >= 11 is 0. The Morgan fingerprint density at radius 1 is 1.22 bits per heavy atom. The van der Waals surface area contributed by atoms with Crippen molar-refractivity contribution in [3.8, 4) is 0 Å². The summed E-state index contributed by atoms with van der Waals surface area (Å²) < 4.78 is 0. The Kier molecular flexibility index (Phi) is 4.57. The summed E-state index contributed by atoms with van der Waals surface area (Å²) in [5.74, 6) is 0. The number of para-hydroxylation sites is 1. The van der Waals surface area contributed by atoms with E-state index in [4.69, 9.17) is 0 Å². The Balaban J connectivity index is 1.50. The monoisotopic (exact) mass is 308 g/mol. The van der Waals surface area contributed by atoms with Gasteiger partial charge in [0.05, 0.1) is 11.7 Å². The van der Waals surface area contributed by atoms with Crippen LogP contribution in [-0.4, -0.2) is 22.5 Å². The van der Waals surface area contributed by atoms with E-state index in [1.165, 1.54) is 10.9 Å². The van der Waals surface area contributed by atoms with Crippen molar-refractivity contribution in [2.24, 2.45) is 0 Å². The van der Waals surface area contributed by atoms with E-state index in [-0.39, 0.29) is 12.1 Å². The van der Waals surface area contributed by atoms with Crippen LogP contribution in [0.15, 0.2) is 54.9 Å². The van der Waals surface area contributed by atoms with Crippen LogP contribution in [0.3, 0.4) is 0 Å². The van der Waals surface area contributed by atoms with E-state index in [9.17, 15) is 4.79 Å². The second-order valence-corrected chi connectivity index (χ2v) is 5.49. The predicted molar refractivity (Wildman–Crippen MR) is 91.2 cm³/mol. The third-order valence-electron chi connectivity index (χ3n) is 3.83. The number of urea groups is 1. The Bertz CT molecular complexity index is 782. The summed E-state index contributed by atoms with van der Waals surface area (Å²) in [6.07, 6.45) is 4.51. The van der Waals surface area contributed by atoms with Crippen LogP contribution >= 0.6 is 0 Å². The zero-order valence-electron chi connectivity index (χ0n) is 13.0. The zero-order chi connectivity index (χ0) is 16.1. The molecule has 118 valence electrons. The fraction of sp³-hybridized carbons (Fsp3) is 0.222. The van der Waals surface area contributed by atoms with Crippen molar-refractivity contribution in [1.82, 2.24) is 20.6 Å². The first-order valence-corrected chi connectivity index (χ1v) is 7.74. The summed E-state index contributed by atoms with van der Waals surface area (Å²) in [6, 6.07) is 13.5. The molecule has 5 heteroatoms. The van der Waals surface area contributed by atoms with Gasteiger partial charge in [-0.05, 0) is 37.1 Å². The highest BCUT2D eigenvalue weighted by Gasteiger charge is 2.10. The first-order chi connectivity index (χ1) is 11.2. The number of carbonyl (C=O) groups excluding carboxylic acids is 1. The SMILES string of the molecule is C[C@@H](NC(=O)NCCc1c[nH]c2ccccc12)c1ccccn1. The lowest BCUT2D eigenvalue weighted by atomic mass is 10.1. The standard InChI is InChI=1S/C18H20N4O/c1-13(16-7-4-5-10-19-16)22-18(23)20-11-9-14-12-21-17-8-3-2-6-15(14)17/h2-8,10,12-13,21H,9,11H2,1H3,(H2,20,22,23)/t13-/m1/s1. The topological polar surface area (TPSA) is 69.8 Å². The molecule has 0 aliphatic heterocycles. The Hall–Kier alpha value is -2.82. The number of hydrogen-bond acceptors (Lipinski definition) is 2. The Labute approximate surface area is 135 Å². The molecule has 3 rings (SSSR count). The summed E-state index contributed by atoms with van der Waals surface area (Å²) in [6.45, 7) is 2.50. The molecule has 5 nitrogen and oxygen atoms in total. The summed E-state index contributed by atoms with van der Waals surface area (Å²) in [5.41, 5.74) is 3.17. The number of pyridine rings is 1. The maximum atomic E-state index is 12.0. The van der Waals surface area contributed by atoms with Gasteiger partial charge >= 0.3 is 6.03 Å². The number of H-pyrrole nitrogens is 1. The van der Waals surface area contributed by atoms with Gasteiger partial charge in [0.1, 0.15) is 0 Å². The number of nitrogens with zero attached hydrogens (tertiary/aromatic N) is 1. The van der Waals surface area contributed by atoms with Gasteiger partial charge in [-0.3, -0.25) is 4.98 Å². The van der Waals surface area contributed by atoms with E-state index in [1.807, 2.05) is 49.5 Å². The number of carbonyl (C=O) groups is 1. The molecule has 2 heterocycles. The van der Waals surface area contributed by atoms with Gasteiger partial charge in [0.2, 0.25) is 0 Å². The van der Waals surface area contributed by atoms with Crippen molar-refractivity contribution in [1.29, 1.82) is 0 Å². The number of rotatable bonds is 5. The Morgan fingerprint density at radius 2 is 2.04 bits per heavy atom.